The highest BCUT2D eigenvalue weighted by molar-refractivity contribution is 6.50. The van der Waals surface area contributed by atoms with E-state index in [1.807, 2.05) is 0 Å². The van der Waals surface area contributed by atoms with Crippen LogP contribution in [0, 0.1) is 6.92 Å². The number of rotatable bonds is 1. The van der Waals surface area contributed by atoms with Crippen LogP contribution in [-0.2, 0) is 7.05 Å². The maximum Gasteiger partial charge on any atom is 0.673 e. The lowest BCUT2D eigenvalue weighted by molar-refractivity contribution is -0.645. The number of hydrogen-bond acceptors (Lipinski definition) is 0. The van der Waals surface area contributed by atoms with Gasteiger partial charge >= 0.3 is 7.25 Å². The smallest absolute Gasteiger partial charge is 0.418 e. The van der Waals surface area contributed by atoms with Gasteiger partial charge in [0.2, 0.25) is 5.52 Å². The summed E-state index contributed by atoms with van der Waals surface area (Å²) in [5.74, 6) is 0. The molecule has 0 N–H and O–H groups in total. The van der Waals surface area contributed by atoms with E-state index in [9.17, 15) is 17.3 Å². The van der Waals surface area contributed by atoms with Crippen molar-refractivity contribution in [3.05, 3.63) is 66.4 Å². The lowest BCUT2D eigenvalue weighted by Crippen LogP contribution is -2.29. The molecule has 1 aromatic heterocycles. The van der Waals surface area contributed by atoms with Gasteiger partial charge < -0.3 is 17.3 Å². The fourth-order valence-electron chi connectivity index (χ4n) is 2.62. The number of halogens is 4. The molecule has 0 atom stereocenters. The summed E-state index contributed by atoms with van der Waals surface area (Å²) in [5.41, 5.74) is 5.19. The molecule has 0 saturated carbocycles. The van der Waals surface area contributed by atoms with Gasteiger partial charge in [0, 0.05) is 17.2 Å². The molecule has 0 amide bonds. The molecule has 0 aliphatic heterocycles. The van der Waals surface area contributed by atoms with Crippen molar-refractivity contribution in [1.29, 1.82) is 0 Å². The maximum absolute atomic E-state index is 9.75. The molecule has 0 aliphatic carbocycles. The number of para-hydroxylation sites is 1. The molecule has 2 aromatic carbocycles. The van der Waals surface area contributed by atoms with E-state index < -0.39 is 7.25 Å². The third-order valence-electron chi connectivity index (χ3n) is 3.40. The number of fused-ring (bicyclic) bond motifs is 1. The van der Waals surface area contributed by atoms with E-state index in [1.54, 1.807) is 0 Å². The Morgan fingerprint density at radius 3 is 1.96 bits per heavy atom. The molecule has 3 aromatic rings. The van der Waals surface area contributed by atoms with Gasteiger partial charge in [0.15, 0.2) is 6.20 Å². The van der Waals surface area contributed by atoms with Gasteiger partial charge in [0.05, 0.1) is 5.39 Å². The first-order valence-electron chi connectivity index (χ1n) is 7.08. The van der Waals surface area contributed by atoms with E-state index in [4.69, 9.17) is 0 Å². The van der Waals surface area contributed by atoms with Crippen LogP contribution in [0.3, 0.4) is 0 Å². The highest BCUT2D eigenvalue weighted by Gasteiger charge is 2.20. The molecule has 3 rings (SSSR count). The summed E-state index contributed by atoms with van der Waals surface area (Å²) >= 11 is 0. The third-order valence-corrected chi connectivity index (χ3v) is 3.40. The van der Waals surface area contributed by atoms with Crippen molar-refractivity contribution < 1.29 is 21.8 Å². The van der Waals surface area contributed by atoms with Crippen LogP contribution >= 0.6 is 0 Å². The Balaban J connectivity index is 0.000000338. The van der Waals surface area contributed by atoms with Gasteiger partial charge in [-0.05, 0) is 18.6 Å². The molecular formula is C17H16BF4N. The van der Waals surface area contributed by atoms with Gasteiger partial charge in [-0.1, -0.05) is 42.5 Å². The molecule has 0 unspecified atom stereocenters. The number of pyridine rings is 1. The first kappa shape index (κ1) is 17.0. The Hall–Kier alpha value is -2.37. The van der Waals surface area contributed by atoms with E-state index in [1.165, 1.54) is 27.6 Å². The molecule has 120 valence electrons. The molecule has 0 bridgehead atoms. The second-order valence-corrected chi connectivity index (χ2v) is 5.18. The minimum absolute atomic E-state index is 1.27. The SMILES string of the molecule is Cc1c[n+](C)c2ccccc2c1-c1ccccc1.F[B-](F)(F)F. The van der Waals surface area contributed by atoms with E-state index >= 15 is 0 Å². The zero-order valence-corrected chi connectivity index (χ0v) is 12.8. The van der Waals surface area contributed by atoms with Gasteiger partial charge in [-0.25, -0.2) is 4.57 Å². The summed E-state index contributed by atoms with van der Waals surface area (Å²) in [7, 11) is -3.90. The Bertz CT molecular complexity index is 795. The van der Waals surface area contributed by atoms with Gasteiger partial charge in [-0.3, -0.25) is 0 Å². The summed E-state index contributed by atoms with van der Waals surface area (Å²) in [5, 5.41) is 1.31. The number of aromatic nitrogens is 1. The summed E-state index contributed by atoms with van der Waals surface area (Å²) in [4.78, 5) is 0. The quantitative estimate of drug-likeness (QED) is 0.340. The van der Waals surface area contributed by atoms with Crippen molar-refractivity contribution in [2.45, 2.75) is 6.92 Å². The molecule has 0 aliphatic rings. The van der Waals surface area contributed by atoms with Crippen molar-refractivity contribution in [1.82, 2.24) is 0 Å². The van der Waals surface area contributed by atoms with Crippen LogP contribution in [0.5, 0.6) is 0 Å². The van der Waals surface area contributed by atoms with Crippen molar-refractivity contribution in [3.63, 3.8) is 0 Å². The lowest BCUT2D eigenvalue weighted by Gasteiger charge is -2.08. The molecule has 1 nitrogen and oxygen atoms in total. The van der Waals surface area contributed by atoms with Crippen LogP contribution in [0.4, 0.5) is 17.3 Å². The van der Waals surface area contributed by atoms with Crippen LogP contribution in [0.1, 0.15) is 5.56 Å². The number of hydrogen-bond donors (Lipinski definition) is 0. The molecule has 6 heteroatoms. The second-order valence-electron chi connectivity index (χ2n) is 5.18. The second kappa shape index (κ2) is 6.81. The van der Waals surface area contributed by atoms with Crippen molar-refractivity contribution in [2.24, 2.45) is 7.05 Å². The molecule has 23 heavy (non-hydrogen) atoms. The third kappa shape index (κ3) is 4.55. The van der Waals surface area contributed by atoms with Crippen molar-refractivity contribution >= 4 is 18.2 Å². The number of benzene rings is 2. The molecule has 0 spiro atoms. The fraction of sp³-hybridized carbons (Fsp3) is 0.118. The van der Waals surface area contributed by atoms with E-state index in [2.05, 4.69) is 79.3 Å². The Morgan fingerprint density at radius 1 is 0.826 bits per heavy atom. The number of aryl methyl sites for hydroxylation is 2. The summed E-state index contributed by atoms with van der Waals surface area (Å²) in [6.45, 7) is 2.18. The topological polar surface area (TPSA) is 3.88 Å². The first-order valence-corrected chi connectivity index (χ1v) is 7.08. The largest absolute Gasteiger partial charge is 0.673 e. The van der Waals surface area contributed by atoms with Crippen LogP contribution in [-0.4, -0.2) is 7.25 Å². The van der Waals surface area contributed by atoms with E-state index in [0.717, 1.165) is 0 Å². The van der Waals surface area contributed by atoms with Gasteiger partial charge in [-0.15, -0.1) is 0 Å². The standard InChI is InChI=1S/C17H16N.BF4/c1-13-12-18(2)16-11-7-6-10-15(16)17(13)14-8-4-3-5-9-14;2-1(3,4)5/h3-12H,1-2H3;/q+1;-1. The average molecular weight is 321 g/mol. The monoisotopic (exact) mass is 321 g/mol. The highest BCUT2D eigenvalue weighted by atomic mass is 19.5. The van der Waals surface area contributed by atoms with Crippen LogP contribution in [0.2, 0.25) is 0 Å². The summed E-state index contributed by atoms with van der Waals surface area (Å²) in [6, 6.07) is 19.2. The predicted molar refractivity (Wildman–Crippen MR) is 85.5 cm³/mol. The zero-order valence-electron chi connectivity index (χ0n) is 12.8. The van der Waals surface area contributed by atoms with E-state index in [-0.39, 0.29) is 0 Å². The zero-order chi connectivity index (χ0) is 17.0. The first-order chi connectivity index (χ1) is 10.8. The Kier molecular flexibility index (Phi) is 5.03. The van der Waals surface area contributed by atoms with Crippen LogP contribution in [0.15, 0.2) is 60.8 Å². The minimum atomic E-state index is -6.00. The summed E-state index contributed by atoms with van der Waals surface area (Å²) < 4.78 is 41.2. The molecular weight excluding hydrogens is 305 g/mol. The van der Waals surface area contributed by atoms with Gasteiger partial charge in [0.1, 0.15) is 7.05 Å². The molecule has 0 saturated heterocycles. The van der Waals surface area contributed by atoms with Crippen LogP contribution in [0.25, 0.3) is 22.0 Å². The fourth-order valence-corrected chi connectivity index (χ4v) is 2.62. The molecule has 1 heterocycles. The predicted octanol–water partition coefficient (Wildman–Crippen LogP) is 4.94. The van der Waals surface area contributed by atoms with Crippen molar-refractivity contribution in [3.8, 4) is 11.1 Å². The number of nitrogens with zero attached hydrogens (tertiary/aromatic N) is 1. The van der Waals surface area contributed by atoms with Gasteiger partial charge in [-0.2, -0.15) is 0 Å². The molecule has 0 fully saturated rings. The maximum atomic E-state index is 9.75. The van der Waals surface area contributed by atoms with Gasteiger partial charge in [0.25, 0.3) is 0 Å². The molecule has 0 radical (unpaired) electrons. The minimum Gasteiger partial charge on any atom is -0.418 e. The summed E-state index contributed by atoms with van der Waals surface area (Å²) in [6.07, 6.45) is 2.20. The normalized spacial score (nSPS) is 11.0. The highest BCUT2D eigenvalue weighted by Crippen LogP contribution is 2.29. The Labute approximate surface area is 132 Å². The Morgan fingerprint density at radius 2 is 1.35 bits per heavy atom. The van der Waals surface area contributed by atoms with Crippen LogP contribution < -0.4 is 4.57 Å². The lowest BCUT2D eigenvalue weighted by atomic mass is 9.97. The van der Waals surface area contributed by atoms with Crippen molar-refractivity contribution in [2.75, 3.05) is 0 Å². The average Bonchev–Trinajstić information content (AvgIpc) is 2.47. The van der Waals surface area contributed by atoms with E-state index in [0.29, 0.717) is 0 Å².